The Balaban J connectivity index is 1.76. The zero-order valence-corrected chi connectivity index (χ0v) is 10.9. The molecule has 0 bridgehead atoms. The fraction of sp³-hybridized carbons (Fsp3) is 1.00. The molecule has 100 valence electrons. The number of rotatable bonds is 3. The summed E-state index contributed by atoms with van der Waals surface area (Å²) in [5.74, 6) is 0.533. The lowest BCUT2D eigenvalue weighted by Crippen LogP contribution is -2.46. The van der Waals surface area contributed by atoms with Crippen LogP contribution in [0.3, 0.4) is 0 Å². The van der Waals surface area contributed by atoms with Crippen LogP contribution in [0.25, 0.3) is 0 Å². The largest absolute Gasteiger partial charge is 0.389 e. The van der Waals surface area contributed by atoms with E-state index in [0.29, 0.717) is 25.8 Å². The third-order valence-electron chi connectivity index (χ3n) is 3.90. The van der Waals surface area contributed by atoms with E-state index in [9.17, 15) is 13.5 Å². The molecular weight excluding hydrogens is 240 g/mol. The van der Waals surface area contributed by atoms with E-state index >= 15 is 0 Å². The Hall–Kier alpha value is -0.170. The van der Waals surface area contributed by atoms with Crippen LogP contribution in [-0.4, -0.2) is 49.3 Å². The summed E-state index contributed by atoms with van der Waals surface area (Å²) in [6, 6.07) is 0.327. The second-order valence-corrected chi connectivity index (χ2v) is 7.84. The lowest BCUT2D eigenvalue weighted by molar-refractivity contribution is 0.0432. The van der Waals surface area contributed by atoms with Gasteiger partial charge in [0.2, 0.25) is 0 Å². The monoisotopic (exact) mass is 262 g/mol. The Kier molecular flexibility index (Phi) is 3.77. The molecule has 1 heterocycles. The molecule has 1 aliphatic carbocycles. The van der Waals surface area contributed by atoms with E-state index < -0.39 is 15.4 Å². The van der Waals surface area contributed by atoms with Crippen molar-refractivity contribution in [2.24, 2.45) is 5.73 Å². The summed E-state index contributed by atoms with van der Waals surface area (Å²) >= 11 is 0. The predicted octanol–water partition coefficient (Wildman–Crippen LogP) is -0.604. The van der Waals surface area contributed by atoms with E-state index in [0.717, 1.165) is 12.8 Å². The lowest BCUT2D eigenvalue weighted by Gasteiger charge is -2.29. The van der Waals surface area contributed by atoms with Crippen molar-refractivity contribution in [1.29, 1.82) is 0 Å². The number of nitrogens with two attached hydrogens (primary N) is 1. The standard InChI is InChI=1S/C11H22N2O3S/c12-9-1-4-11(14,7-9)8-13-10-2-5-17(15,16)6-3-10/h9-10,13-14H,1-8,12H2. The first-order chi connectivity index (χ1) is 7.89. The van der Waals surface area contributed by atoms with Crippen LogP contribution in [0.5, 0.6) is 0 Å². The first-order valence-electron chi connectivity index (χ1n) is 6.30. The van der Waals surface area contributed by atoms with E-state index in [-0.39, 0.29) is 23.6 Å². The smallest absolute Gasteiger partial charge is 0.150 e. The van der Waals surface area contributed by atoms with Gasteiger partial charge in [0, 0.05) is 18.6 Å². The summed E-state index contributed by atoms with van der Waals surface area (Å²) in [6.07, 6.45) is 3.57. The first kappa shape index (κ1) is 13.3. The SMILES string of the molecule is NC1CCC(O)(CNC2CCS(=O)(=O)CC2)C1. The van der Waals surface area contributed by atoms with Crippen molar-refractivity contribution in [3.05, 3.63) is 0 Å². The van der Waals surface area contributed by atoms with Gasteiger partial charge in [-0.15, -0.1) is 0 Å². The van der Waals surface area contributed by atoms with Gasteiger partial charge < -0.3 is 16.2 Å². The molecule has 2 unspecified atom stereocenters. The number of hydrogen-bond donors (Lipinski definition) is 3. The van der Waals surface area contributed by atoms with Gasteiger partial charge in [0.1, 0.15) is 9.84 Å². The molecule has 4 N–H and O–H groups in total. The van der Waals surface area contributed by atoms with Crippen LogP contribution >= 0.6 is 0 Å². The van der Waals surface area contributed by atoms with E-state index in [2.05, 4.69) is 5.32 Å². The molecule has 0 aromatic carbocycles. The van der Waals surface area contributed by atoms with Crippen molar-refractivity contribution in [2.45, 2.75) is 49.8 Å². The third-order valence-corrected chi connectivity index (χ3v) is 5.61. The van der Waals surface area contributed by atoms with Gasteiger partial charge >= 0.3 is 0 Å². The molecule has 2 rings (SSSR count). The summed E-state index contributed by atoms with van der Waals surface area (Å²) < 4.78 is 22.5. The Bertz CT molecular complexity index is 357. The van der Waals surface area contributed by atoms with E-state index in [4.69, 9.17) is 5.73 Å². The normalized spacial score (nSPS) is 38.4. The van der Waals surface area contributed by atoms with Crippen molar-refractivity contribution in [1.82, 2.24) is 5.32 Å². The fourth-order valence-electron chi connectivity index (χ4n) is 2.74. The average Bonchev–Trinajstić information content (AvgIpc) is 2.58. The predicted molar refractivity (Wildman–Crippen MR) is 66.5 cm³/mol. The molecule has 2 atom stereocenters. The molecule has 0 aromatic rings. The minimum atomic E-state index is -2.80. The molecule has 0 aromatic heterocycles. The Labute approximate surface area is 103 Å². The van der Waals surface area contributed by atoms with Gasteiger partial charge in [-0.1, -0.05) is 0 Å². The number of sulfone groups is 1. The highest BCUT2D eigenvalue weighted by Gasteiger charge is 2.36. The maximum Gasteiger partial charge on any atom is 0.150 e. The minimum absolute atomic E-state index is 0.105. The Morgan fingerprint density at radius 3 is 2.47 bits per heavy atom. The van der Waals surface area contributed by atoms with Crippen LogP contribution in [0, 0.1) is 0 Å². The van der Waals surface area contributed by atoms with E-state index in [1.165, 1.54) is 0 Å². The van der Waals surface area contributed by atoms with Gasteiger partial charge in [0.15, 0.2) is 0 Å². The summed E-state index contributed by atoms with van der Waals surface area (Å²) in [5, 5.41) is 13.5. The van der Waals surface area contributed by atoms with Gasteiger partial charge in [-0.05, 0) is 32.1 Å². The average molecular weight is 262 g/mol. The van der Waals surface area contributed by atoms with Crippen molar-refractivity contribution < 1.29 is 13.5 Å². The van der Waals surface area contributed by atoms with Crippen LogP contribution in [0.15, 0.2) is 0 Å². The van der Waals surface area contributed by atoms with Crippen molar-refractivity contribution in [3.63, 3.8) is 0 Å². The van der Waals surface area contributed by atoms with E-state index in [1.807, 2.05) is 0 Å². The molecule has 0 radical (unpaired) electrons. The zero-order valence-electron chi connectivity index (χ0n) is 10.1. The molecule has 1 saturated heterocycles. The van der Waals surface area contributed by atoms with Gasteiger partial charge in [-0.2, -0.15) is 0 Å². The molecule has 1 aliphatic heterocycles. The van der Waals surface area contributed by atoms with Crippen LogP contribution in [0.4, 0.5) is 0 Å². The molecule has 1 saturated carbocycles. The summed E-state index contributed by atoms with van der Waals surface area (Å²) in [7, 11) is -2.80. The van der Waals surface area contributed by atoms with Gasteiger partial charge in [0.25, 0.3) is 0 Å². The van der Waals surface area contributed by atoms with Crippen LogP contribution < -0.4 is 11.1 Å². The highest BCUT2D eigenvalue weighted by atomic mass is 32.2. The molecule has 0 spiro atoms. The van der Waals surface area contributed by atoms with Crippen molar-refractivity contribution >= 4 is 9.84 Å². The lowest BCUT2D eigenvalue weighted by atomic mass is 10.0. The minimum Gasteiger partial charge on any atom is -0.389 e. The third kappa shape index (κ3) is 3.64. The summed E-state index contributed by atoms with van der Waals surface area (Å²) in [4.78, 5) is 0. The quantitative estimate of drug-likeness (QED) is 0.631. The molecule has 6 heteroatoms. The number of aliphatic hydroxyl groups is 1. The first-order valence-corrected chi connectivity index (χ1v) is 8.12. The van der Waals surface area contributed by atoms with Crippen molar-refractivity contribution in [2.75, 3.05) is 18.1 Å². The number of hydrogen-bond acceptors (Lipinski definition) is 5. The van der Waals surface area contributed by atoms with Crippen LogP contribution in [0.1, 0.15) is 32.1 Å². The van der Waals surface area contributed by atoms with Crippen molar-refractivity contribution in [3.8, 4) is 0 Å². The number of nitrogens with one attached hydrogen (secondary N) is 1. The van der Waals surface area contributed by atoms with Crippen LogP contribution in [-0.2, 0) is 9.84 Å². The second-order valence-electron chi connectivity index (χ2n) is 5.53. The molecular formula is C11H22N2O3S. The molecule has 2 aliphatic rings. The van der Waals surface area contributed by atoms with Crippen LogP contribution in [0.2, 0.25) is 0 Å². The van der Waals surface area contributed by atoms with Gasteiger partial charge in [-0.25, -0.2) is 8.42 Å². The van der Waals surface area contributed by atoms with E-state index in [1.54, 1.807) is 0 Å². The van der Waals surface area contributed by atoms with Gasteiger partial charge in [0.05, 0.1) is 17.1 Å². The molecule has 0 amide bonds. The highest BCUT2D eigenvalue weighted by molar-refractivity contribution is 7.91. The molecule has 17 heavy (non-hydrogen) atoms. The molecule has 5 nitrogen and oxygen atoms in total. The maximum atomic E-state index is 11.3. The van der Waals surface area contributed by atoms with Gasteiger partial charge in [-0.3, -0.25) is 0 Å². The second kappa shape index (κ2) is 4.84. The Morgan fingerprint density at radius 1 is 1.29 bits per heavy atom. The zero-order chi connectivity index (χ0) is 12.5. The maximum absolute atomic E-state index is 11.3. The topological polar surface area (TPSA) is 92.4 Å². The summed E-state index contributed by atoms with van der Waals surface area (Å²) in [5.41, 5.74) is 5.10. The fourth-order valence-corrected chi connectivity index (χ4v) is 4.23. The Morgan fingerprint density at radius 2 is 1.94 bits per heavy atom. The molecule has 2 fully saturated rings. The highest BCUT2D eigenvalue weighted by Crippen LogP contribution is 2.28. The summed E-state index contributed by atoms with van der Waals surface area (Å²) in [6.45, 7) is 0.533.